The molecular formula is C6H18Cl2N2. The highest BCUT2D eigenvalue weighted by Crippen LogP contribution is 1.95. The van der Waals surface area contributed by atoms with Crippen LogP contribution in [0.3, 0.4) is 0 Å². The van der Waals surface area contributed by atoms with E-state index in [9.17, 15) is 0 Å². The molecule has 0 rings (SSSR count). The zero-order valence-electron chi connectivity index (χ0n) is 6.38. The summed E-state index contributed by atoms with van der Waals surface area (Å²) in [7, 11) is 0. The molecule has 66 valence electrons. The SMILES string of the molecule is CC(N)CCCCN.Cl.Cl. The van der Waals surface area contributed by atoms with Crippen LogP contribution >= 0.6 is 24.8 Å². The van der Waals surface area contributed by atoms with Gasteiger partial charge in [-0.25, -0.2) is 0 Å². The van der Waals surface area contributed by atoms with Crippen molar-refractivity contribution in [2.75, 3.05) is 6.54 Å². The summed E-state index contributed by atoms with van der Waals surface area (Å²) in [6.07, 6.45) is 3.40. The van der Waals surface area contributed by atoms with Gasteiger partial charge in [0.2, 0.25) is 0 Å². The molecule has 0 bridgehead atoms. The van der Waals surface area contributed by atoms with Crippen LogP contribution < -0.4 is 11.5 Å². The number of halogens is 2. The summed E-state index contributed by atoms with van der Waals surface area (Å²) in [6.45, 7) is 2.82. The van der Waals surface area contributed by atoms with Crippen molar-refractivity contribution in [1.82, 2.24) is 0 Å². The standard InChI is InChI=1S/C6H16N2.2ClH/c1-6(8)4-2-3-5-7;;/h6H,2-5,7-8H2,1H3;2*1H. The molecular weight excluding hydrogens is 171 g/mol. The first-order chi connectivity index (χ1) is 3.77. The molecule has 1 atom stereocenters. The monoisotopic (exact) mass is 188 g/mol. The minimum Gasteiger partial charge on any atom is -0.330 e. The van der Waals surface area contributed by atoms with Gasteiger partial charge in [-0.3, -0.25) is 0 Å². The van der Waals surface area contributed by atoms with Crippen molar-refractivity contribution >= 4 is 24.8 Å². The van der Waals surface area contributed by atoms with E-state index in [1.54, 1.807) is 0 Å². The van der Waals surface area contributed by atoms with Crippen molar-refractivity contribution in [3.63, 3.8) is 0 Å². The summed E-state index contributed by atoms with van der Waals surface area (Å²) in [5.74, 6) is 0. The van der Waals surface area contributed by atoms with Crippen LogP contribution in [0.15, 0.2) is 0 Å². The molecule has 0 saturated heterocycles. The summed E-state index contributed by atoms with van der Waals surface area (Å²) in [5.41, 5.74) is 10.8. The molecule has 4 heteroatoms. The first kappa shape index (κ1) is 16.8. The molecule has 4 N–H and O–H groups in total. The second-order valence-electron chi connectivity index (χ2n) is 2.26. The number of unbranched alkanes of at least 4 members (excludes halogenated alkanes) is 1. The number of nitrogens with two attached hydrogens (primary N) is 2. The van der Waals surface area contributed by atoms with E-state index in [0.29, 0.717) is 6.04 Å². The first-order valence-electron chi connectivity index (χ1n) is 3.23. The van der Waals surface area contributed by atoms with Gasteiger partial charge in [-0.15, -0.1) is 24.8 Å². The lowest BCUT2D eigenvalue weighted by atomic mass is 10.1. The van der Waals surface area contributed by atoms with Crippen LogP contribution in [0.4, 0.5) is 0 Å². The maximum Gasteiger partial charge on any atom is 0.00104 e. The van der Waals surface area contributed by atoms with Crippen LogP contribution in [-0.2, 0) is 0 Å². The Hall–Kier alpha value is 0.500. The lowest BCUT2D eigenvalue weighted by molar-refractivity contribution is 0.602. The van der Waals surface area contributed by atoms with E-state index in [1.807, 2.05) is 6.92 Å². The summed E-state index contributed by atoms with van der Waals surface area (Å²) in [5, 5.41) is 0. The molecule has 0 aliphatic carbocycles. The van der Waals surface area contributed by atoms with Gasteiger partial charge in [0.25, 0.3) is 0 Å². The summed E-state index contributed by atoms with van der Waals surface area (Å²) in [4.78, 5) is 0. The lowest BCUT2D eigenvalue weighted by Crippen LogP contribution is -2.14. The maximum absolute atomic E-state index is 5.49. The molecule has 0 fully saturated rings. The predicted octanol–water partition coefficient (Wildman–Crippen LogP) is 1.31. The molecule has 0 aromatic carbocycles. The number of hydrogen-bond donors (Lipinski definition) is 2. The smallest absolute Gasteiger partial charge is 0.00104 e. The van der Waals surface area contributed by atoms with Gasteiger partial charge in [0.05, 0.1) is 0 Å². The summed E-state index contributed by atoms with van der Waals surface area (Å²) >= 11 is 0. The zero-order valence-corrected chi connectivity index (χ0v) is 8.01. The van der Waals surface area contributed by atoms with Gasteiger partial charge in [-0.05, 0) is 26.3 Å². The maximum atomic E-state index is 5.49. The second-order valence-corrected chi connectivity index (χ2v) is 2.26. The minimum atomic E-state index is 0. The number of hydrogen-bond acceptors (Lipinski definition) is 2. The van der Waals surface area contributed by atoms with E-state index in [2.05, 4.69) is 0 Å². The third kappa shape index (κ3) is 15.8. The molecule has 0 spiro atoms. The third-order valence-electron chi connectivity index (χ3n) is 1.11. The van der Waals surface area contributed by atoms with E-state index >= 15 is 0 Å². The average Bonchev–Trinajstić information content (AvgIpc) is 1.66. The Kier molecular flexibility index (Phi) is 20.6. The number of rotatable bonds is 4. The first-order valence-corrected chi connectivity index (χ1v) is 3.23. The molecule has 0 aliphatic heterocycles. The van der Waals surface area contributed by atoms with Crippen molar-refractivity contribution in [1.29, 1.82) is 0 Å². The molecule has 0 aromatic rings. The highest BCUT2D eigenvalue weighted by atomic mass is 35.5. The Labute approximate surface area is 75.5 Å². The zero-order chi connectivity index (χ0) is 6.41. The Morgan fingerprint density at radius 3 is 2.00 bits per heavy atom. The van der Waals surface area contributed by atoms with Crippen LogP contribution in [0.1, 0.15) is 26.2 Å². The molecule has 0 aromatic heterocycles. The highest BCUT2D eigenvalue weighted by molar-refractivity contribution is 5.85. The Morgan fingerprint density at radius 2 is 1.70 bits per heavy atom. The Morgan fingerprint density at radius 1 is 1.20 bits per heavy atom. The van der Waals surface area contributed by atoms with Gasteiger partial charge < -0.3 is 11.5 Å². The van der Waals surface area contributed by atoms with E-state index in [1.165, 1.54) is 6.42 Å². The topological polar surface area (TPSA) is 52.0 Å². The van der Waals surface area contributed by atoms with Crippen LogP contribution in [0, 0.1) is 0 Å². The fourth-order valence-corrected chi connectivity index (χ4v) is 0.611. The molecule has 0 aliphatic rings. The Balaban J connectivity index is -0.000000245. The molecule has 0 radical (unpaired) electrons. The molecule has 10 heavy (non-hydrogen) atoms. The minimum absolute atomic E-state index is 0. The predicted molar refractivity (Wildman–Crippen MR) is 51.1 cm³/mol. The van der Waals surface area contributed by atoms with Gasteiger partial charge in [-0.2, -0.15) is 0 Å². The van der Waals surface area contributed by atoms with Gasteiger partial charge >= 0.3 is 0 Å². The van der Waals surface area contributed by atoms with Gasteiger partial charge in [0.1, 0.15) is 0 Å². The van der Waals surface area contributed by atoms with E-state index in [-0.39, 0.29) is 24.8 Å². The quantitative estimate of drug-likeness (QED) is 0.655. The van der Waals surface area contributed by atoms with Gasteiger partial charge in [-0.1, -0.05) is 6.42 Å². The molecule has 0 saturated carbocycles. The van der Waals surface area contributed by atoms with Crippen LogP contribution in [0.5, 0.6) is 0 Å². The Bertz CT molecular complexity index is 51.0. The summed E-state index contributed by atoms with van der Waals surface area (Å²) < 4.78 is 0. The molecule has 1 unspecified atom stereocenters. The van der Waals surface area contributed by atoms with Crippen LogP contribution in [0.25, 0.3) is 0 Å². The lowest BCUT2D eigenvalue weighted by Gasteiger charge is -2.01. The van der Waals surface area contributed by atoms with Crippen molar-refractivity contribution < 1.29 is 0 Å². The second kappa shape index (κ2) is 12.2. The van der Waals surface area contributed by atoms with Gasteiger partial charge in [0.15, 0.2) is 0 Å². The van der Waals surface area contributed by atoms with Crippen molar-refractivity contribution in [3.8, 4) is 0 Å². The van der Waals surface area contributed by atoms with Crippen LogP contribution in [0.2, 0.25) is 0 Å². The molecule has 2 nitrogen and oxygen atoms in total. The van der Waals surface area contributed by atoms with E-state index in [0.717, 1.165) is 19.4 Å². The molecule has 0 heterocycles. The highest BCUT2D eigenvalue weighted by Gasteiger charge is 1.90. The summed E-state index contributed by atoms with van der Waals surface area (Å²) in [6, 6.07) is 0.349. The van der Waals surface area contributed by atoms with E-state index < -0.39 is 0 Å². The third-order valence-corrected chi connectivity index (χ3v) is 1.11. The molecule has 0 amide bonds. The van der Waals surface area contributed by atoms with Crippen molar-refractivity contribution in [2.45, 2.75) is 32.2 Å². The normalized spacial score (nSPS) is 11.1. The van der Waals surface area contributed by atoms with E-state index in [4.69, 9.17) is 11.5 Å². The fourth-order valence-electron chi connectivity index (χ4n) is 0.611. The largest absolute Gasteiger partial charge is 0.330 e. The van der Waals surface area contributed by atoms with Crippen molar-refractivity contribution in [2.24, 2.45) is 11.5 Å². The van der Waals surface area contributed by atoms with Crippen LogP contribution in [-0.4, -0.2) is 12.6 Å². The van der Waals surface area contributed by atoms with Gasteiger partial charge in [0, 0.05) is 6.04 Å². The van der Waals surface area contributed by atoms with Crippen molar-refractivity contribution in [3.05, 3.63) is 0 Å². The average molecular weight is 189 g/mol. The fraction of sp³-hybridized carbons (Fsp3) is 1.00.